The second-order valence-corrected chi connectivity index (χ2v) is 4.93. The lowest BCUT2D eigenvalue weighted by atomic mass is 9.97. The Labute approximate surface area is 113 Å². The van der Waals surface area contributed by atoms with Gasteiger partial charge >= 0.3 is 0 Å². The molecule has 19 heavy (non-hydrogen) atoms. The average Bonchev–Trinajstić information content (AvgIpc) is 2.46. The van der Waals surface area contributed by atoms with Crippen molar-refractivity contribution in [2.24, 2.45) is 0 Å². The number of carbonyl (C=O) groups excluding carboxylic acids is 1. The van der Waals surface area contributed by atoms with Crippen molar-refractivity contribution in [3.8, 4) is 5.75 Å². The summed E-state index contributed by atoms with van der Waals surface area (Å²) in [6.07, 6.45) is 4.67. The number of hydrogen-bond acceptors (Lipinski definition) is 3. The smallest absolute Gasteiger partial charge is 0.175 e. The number of ether oxygens (including phenoxy) is 1. The summed E-state index contributed by atoms with van der Waals surface area (Å²) < 4.78 is 18.8. The maximum Gasteiger partial charge on any atom is 0.175 e. The summed E-state index contributed by atoms with van der Waals surface area (Å²) in [6.45, 7) is 1.02. The van der Waals surface area contributed by atoms with E-state index < -0.39 is 5.82 Å². The second-order valence-electron chi connectivity index (χ2n) is 4.93. The topological polar surface area (TPSA) is 38.3 Å². The third kappa shape index (κ3) is 3.53. The van der Waals surface area contributed by atoms with Gasteiger partial charge in [0.15, 0.2) is 17.3 Å². The fourth-order valence-electron chi connectivity index (χ4n) is 2.49. The average molecular weight is 265 g/mol. The molecule has 1 aliphatic rings. The molecule has 1 atom stereocenters. The predicted octanol–water partition coefficient (Wildman–Crippen LogP) is 2.94. The van der Waals surface area contributed by atoms with Crippen molar-refractivity contribution in [3.63, 3.8) is 0 Å². The van der Waals surface area contributed by atoms with E-state index in [1.807, 2.05) is 0 Å². The lowest BCUT2D eigenvalue weighted by molar-refractivity contribution is 0.0969. The van der Waals surface area contributed by atoms with E-state index in [4.69, 9.17) is 4.74 Å². The van der Waals surface area contributed by atoms with Crippen LogP contribution >= 0.6 is 0 Å². The van der Waals surface area contributed by atoms with Crippen molar-refractivity contribution in [2.75, 3.05) is 13.7 Å². The Bertz CT molecular complexity index is 442. The van der Waals surface area contributed by atoms with Crippen LogP contribution in [0.3, 0.4) is 0 Å². The molecule has 0 aliphatic carbocycles. The number of piperidine rings is 1. The van der Waals surface area contributed by atoms with Crippen LogP contribution in [0.5, 0.6) is 5.75 Å². The zero-order valence-electron chi connectivity index (χ0n) is 11.2. The standard InChI is InChI=1S/C15H20FNO2/c1-19-14-7-4-6-12(15(14)16)13(18)9-8-11-5-2-3-10-17-11/h4,6-7,11,17H,2-3,5,8-10H2,1H3. The number of Topliss-reactive ketones (excluding diaryl/α,β-unsaturated/α-hetero) is 1. The second kappa shape index (κ2) is 6.66. The van der Waals surface area contributed by atoms with Crippen LogP contribution in [0.1, 0.15) is 42.5 Å². The molecule has 1 fully saturated rings. The minimum absolute atomic E-state index is 0.127. The molecule has 0 bridgehead atoms. The molecule has 1 heterocycles. The van der Waals surface area contributed by atoms with Crippen molar-refractivity contribution < 1.29 is 13.9 Å². The first-order valence-corrected chi connectivity index (χ1v) is 6.81. The van der Waals surface area contributed by atoms with E-state index in [0.717, 1.165) is 19.4 Å². The SMILES string of the molecule is COc1cccc(C(=O)CCC2CCCCN2)c1F. The Morgan fingerprint density at radius 3 is 3.00 bits per heavy atom. The molecule has 0 radical (unpaired) electrons. The molecule has 0 aromatic heterocycles. The number of hydrogen-bond donors (Lipinski definition) is 1. The van der Waals surface area contributed by atoms with Crippen LogP contribution in [0, 0.1) is 5.82 Å². The van der Waals surface area contributed by atoms with E-state index in [9.17, 15) is 9.18 Å². The highest BCUT2D eigenvalue weighted by Gasteiger charge is 2.18. The van der Waals surface area contributed by atoms with Crippen molar-refractivity contribution in [3.05, 3.63) is 29.6 Å². The molecule has 104 valence electrons. The molecule has 1 unspecified atom stereocenters. The minimum Gasteiger partial charge on any atom is -0.494 e. The molecule has 4 heteroatoms. The molecule has 3 nitrogen and oxygen atoms in total. The first-order valence-electron chi connectivity index (χ1n) is 6.81. The molecule has 0 amide bonds. The minimum atomic E-state index is -0.549. The highest BCUT2D eigenvalue weighted by atomic mass is 19.1. The van der Waals surface area contributed by atoms with E-state index in [2.05, 4.69) is 5.32 Å². The van der Waals surface area contributed by atoms with Crippen LogP contribution in [-0.4, -0.2) is 25.5 Å². The van der Waals surface area contributed by atoms with Crippen molar-refractivity contribution in [1.82, 2.24) is 5.32 Å². The molecular weight excluding hydrogens is 245 g/mol. The van der Waals surface area contributed by atoms with Gasteiger partial charge in [-0.1, -0.05) is 12.5 Å². The van der Waals surface area contributed by atoms with Gasteiger partial charge in [-0.2, -0.15) is 0 Å². The van der Waals surface area contributed by atoms with Gasteiger partial charge in [0.2, 0.25) is 0 Å². The Kier molecular flexibility index (Phi) is 4.91. The fourth-order valence-corrected chi connectivity index (χ4v) is 2.49. The highest BCUT2D eigenvalue weighted by Crippen LogP contribution is 2.22. The Morgan fingerprint density at radius 1 is 1.47 bits per heavy atom. The first kappa shape index (κ1) is 14.0. The van der Waals surface area contributed by atoms with Gasteiger partial charge in [-0.05, 0) is 37.9 Å². The number of benzene rings is 1. The van der Waals surface area contributed by atoms with Crippen molar-refractivity contribution >= 4 is 5.78 Å². The van der Waals surface area contributed by atoms with Gasteiger partial charge in [-0.25, -0.2) is 4.39 Å². The predicted molar refractivity (Wildman–Crippen MR) is 72.2 cm³/mol. The number of methoxy groups -OCH3 is 1. The van der Waals surface area contributed by atoms with Gasteiger partial charge in [-0.3, -0.25) is 4.79 Å². The maximum atomic E-state index is 13.9. The van der Waals surface area contributed by atoms with Crippen LogP contribution in [0.2, 0.25) is 0 Å². The maximum absolute atomic E-state index is 13.9. The van der Waals surface area contributed by atoms with Gasteiger partial charge in [0.25, 0.3) is 0 Å². The zero-order valence-corrected chi connectivity index (χ0v) is 11.2. The van der Waals surface area contributed by atoms with Crippen molar-refractivity contribution in [1.29, 1.82) is 0 Å². The van der Waals surface area contributed by atoms with Gasteiger partial charge < -0.3 is 10.1 Å². The largest absolute Gasteiger partial charge is 0.494 e. The molecule has 0 spiro atoms. The molecule has 1 N–H and O–H groups in total. The summed E-state index contributed by atoms with van der Waals surface area (Å²) in [6, 6.07) is 5.09. The van der Waals surface area contributed by atoms with Gasteiger partial charge in [0.05, 0.1) is 12.7 Å². The number of nitrogens with one attached hydrogen (secondary N) is 1. The summed E-state index contributed by atoms with van der Waals surface area (Å²) in [5.41, 5.74) is 0.134. The molecule has 2 rings (SSSR count). The van der Waals surface area contributed by atoms with E-state index in [0.29, 0.717) is 12.5 Å². The third-order valence-electron chi connectivity index (χ3n) is 3.62. The molecular formula is C15H20FNO2. The molecule has 1 aliphatic heterocycles. The van der Waals surface area contributed by atoms with Crippen LogP contribution in [0.4, 0.5) is 4.39 Å². The summed E-state index contributed by atoms with van der Waals surface area (Å²) in [5.74, 6) is -0.572. The quantitative estimate of drug-likeness (QED) is 0.832. The first-order chi connectivity index (χ1) is 9.22. The molecule has 1 aromatic rings. The monoisotopic (exact) mass is 265 g/mol. The molecule has 0 saturated carbocycles. The summed E-state index contributed by atoms with van der Waals surface area (Å²) >= 11 is 0. The lowest BCUT2D eigenvalue weighted by Crippen LogP contribution is -2.34. The summed E-state index contributed by atoms with van der Waals surface area (Å²) in [7, 11) is 1.40. The van der Waals surface area contributed by atoms with E-state index >= 15 is 0 Å². The third-order valence-corrected chi connectivity index (χ3v) is 3.62. The summed E-state index contributed by atoms with van der Waals surface area (Å²) in [5, 5.41) is 3.39. The van der Waals surface area contributed by atoms with Gasteiger partial charge in [0.1, 0.15) is 0 Å². The molecule has 1 saturated heterocycles. The van der Waals surface area contributed by atoms with E-state index in [-0.39, 0.29) is 17.1 Å². The Morgan fingerprint density at radius 2 is 2.32 bits per heavy atom. The van der Waals surface area contributed by atoms with Crippen LogP contribution in [-0.2, 0) is 0 Å². The van der Waals surface area contributed by atoms with Crippen LogP contribution < -0.4 is 10.1 Å². The normalized spacial score (nSPS) is 19.2. The summed E-state index contributed by atoms with van der Waals surface area (Å²) in [4.78, 5) is 12.1. The van der Waals surface area contributed by atoms with Gasteiger partial charge in [-0.15, -0.1) is 0 Å². The Balaban J connectivity index is 1.95. The van der Waals surface area contributed by atoms with Crippen LogP contribution in [0.15, 0.2) is 18.2 Å². The molecule has 1 aromatic carbocycles. The van der Waals surface area contributed by atoms with Crippen LogP contribution in [0.25, 0.3) is 0 Å². The van der Waals surface area contributed by atoms with E-state index in [1.54, 1.807) is 6.07 Å². The fraction of sp³-hybridized carbons (Fsp3) is 0.533. The highest BCUT2D eigenvalue weighted by molar-refractivity contribution is 5.96. The Hall–Kier alpha value is -1.42. The number of halogens is 1. The van der Waals surface area contributed by atoms with Crippen molar-refractivity contribution in [2.45, 2.75) is 38.1 Å². The number of carbonyl (C=O) groups is 1. The number of ketones is 1. The van der Waals surface area contributed by atoms with Gasteiger partial charge in [0, 0.05) is 12.5 Å². The number of rotatable bonds is 5. The zero-order chi connectivity index (χ0) is 13.7. The van der Waals surface area contributed by atoms with E-state index in [1.165, 1.54) is 32.1 Å². The lowest BCUT2D eigenvalue weighted by Gasteiger charge is -2.23.